The molecule has 1 aromatic heterocycles. The second-order valence-electron chi connectivity index (χ2n) is 9.05. The molecule has 3 aromatic carbocycles. The second kappa shape index (κ2) is 7.90. The molecule has 1 aliphatic carbocycles. The van der Waals surface area contributed by atoms with Gasteiger partial charge >= 0.3 is 0 Å². The van der Waals surface area contributed by atoms with Crippen molar-refractivity contribution in [2.75, 3.05) is 23.9 Å². The molecule has 0 saturated heterocycles. The van der Waals surface area contributed by atoms with Crippen LogP contribution >= 0.6 is 0 Å². The molecule has 162 valence electrons. The van der Waals surface area contributed by atoms with E-state index in [-0.39, 0.29) is 0 Å². The number of allylic oxidation sites excluding steroid dienone is 1. The number of benzene rings is 3. The van der Waals surface area contributed by atoms with Crippen LogP contribution in [-0.4, -0.2) is 18.7 Å². The molecule has 4 aromatic rings. The summed E-state index contributed by atoms with van der Waals surface area (Å²) in [7, 11) is 6.53. The summed E-state index contributed by atoms with van der Waals surface area (Å²) in [5.41, 5.74) is 11.7. The minimum Gasteiger partial charge on any atom is -0.348 e. The molecule has 32 heavy (non-hydrogen) atoms. The molecule has 5 rings (SSSR count). The first-order chi connectivity index (χ1) is 15.4. The molecule has 0 unspecified atom stereocenters. The van der Waals surface area contributed by atoms with Crippen LogP contribution in [0.2, 0.25) is 0 Å². The van der Waals surface area contributed by atoms with Crippen LogP contribution in [0.25, 0.3) is 17.0 Å². The fourth-order valence-electron chi connectivity index (χ4n) is 4.79. The van der Waals surface area contributed by atoms with Gasteiger partial charge in [-0.15, -0.1) is 0 Å². The maximum Gasteiger partial charge on any atom is 0.0487 e. The third-order valence-electron chi connectivity index (χ3n) is 6.94. The number of rotatable bonds is 4. The Morgan fingerprint density at radius 2 is 1.25 bits per heavy atom. The fraction of sp³-hybridized carbons (Fsp3) is 0.241. The summed E-state index contributed by atoms with van der Waals surface area (Å²) < 4.78 is 2.37. The predicted molar refractivity (Wildman–Crippen MR) is 138 cm³/mol. The molecular formula is C29H31N3. The van der Waals surface area contributed by atoms with Gasteiger partial charge < -0.3 is 14.4 Å². The van der Waals surface area contributed by atoms with Crippen LogP contribution in [0.1, 0.15) is 28.8 Å². The highest BCUT2D eigenvalue weighted by atomic mass is 15.1. The quantitative estimate of drug-likeness (QED) is 0.352. The average Bonchev–Trinajstić information content (AvgIpc) is 3.10. The van der Waals surface area contributed by atoms with E-state index in [4.69, 9.17) is 0 Å². The van der Waals surface area contributed by atoms with Gasteiger partial charge in [-0.1, -0.05) is 35.4 Å². The van der Waals surface area contributed by atoms with E-state index in [1.807, 2.05) is 0 Å². The van der Waals surface area contributed by atoms with E-state index < -0.39 is 0 Å². The first-order valence-corrected chi connectivity index (χ1v) is 11.3. The lowest BCUT2D eigenvalue weighted by atomic mass is 9.98. The summed E-state index contributed by atoms with van der Waals surface area (Å²) in [6.45, 7) is 4.26. The molecule has 0 radical (unpaired) electrons. The van der Waals surface area contributed by atoms with E-state index in [9.17, 15) is 0 Å². The van der Waals surface area contributed by atoms with E-state index in [1.54, 1.807) is 0 Å². The van der Waals surface area contributed by atoms with Crippen LogP contribution in [0.4, 0.5) is 17.1 Å². The van der Waals surface area contributed by atoms with Crippen LogP contribution in [0.15, 0.2) is 72.4 Å². The Balaban J connectivity index is 1.56. The molecule has 1 heterocycles. The Hall–Kier alpha value is -3.46. The van der Waals surface area contributed by atoms with Gasteiger partial charge in [0, 0.05) is 66.1 Å². The molecule has 0 N–H and O–H groups in total. The van der Waals surface area contributed by atoms with Gasteiger partial charge in [0.25, 0.3) is 0 Å². The molecule has 0 fully saturated rings. The third kappa shape index (κ3) is 3.48. The van der Waals surface area contributed by atoms with Gasteiger partial charge in [-0.25, -0.2) is 0 Å². The Morgan fingerprint density at radius 1 is 0.688 bits per heavy atom. The minimum atomic E-state index is 1.05. The highest BCUT2D eigenvalue weighted by Gasteiger charge is 2.21. The maximum absolute atomic E-state index is 2.40. The van der Waals surface area contributed by atoms with Crippen molar-refractivity contribution < 1.29 is 0 Å². The van der Waals surface area contributed by atoms with Crippen molar-refractivity contribution in [3.63, 3.8) is 0 Å². The number of nitrogens with zero attached hydrogens (tertiary/aromatic N) is 3. The first-order valence-electron chi connectivity index (χ1n) is 11.3. The smallest absolute Gasteiger partial charge is 0.0487 e. The third-order valence-corrected chi connectivity index (χ3v) is 6.94. The Morgan fingerprint density at radius 3 is 1.88 bits per heavy atom. The highest BCUT2D eigenvalue weighted by molar-refractivity contribution is 5.95. The average molecular weight is 422 g/mol. The van der Waals surface area contributed by atoms with E-state index >= 15 is 0 Å². The lowest BCUT2D eigenvalue weighted by molar-refractivity contribution is 0.789. The first kappa shape index (κ1) is 20.4. The summed E-state index contributed by atoms with van der Waals surface area (Å²) in [5, 5.41) is 1.33. The molecule has 1 aliphatic rings. The summed E-state index contributed by atoms with van der Waals surface area (Å²) in [6.07, 6.45) is 4.51. The Bertz CT molecular complexity index is 1310. The highest BCUT2D eigenvalue weighted by Crippen LogP contribution is 2.37. The SMILES string of the molecule is Cc1ccc(N(C)C2=Cc3c(n(C)c4ccc(N(C)c5ccc(C)cc5)cc34)CC2)cc1. The van der Waals surface area contributed by atoms with Crippen LogP contribution in [-0.2, 0) is 13.5 Å². The molecular weight excluding hydrogens is 390 g/mol. The number of hydrogen-bond acceptors (Lipinski definition) is 2. The van der Waals surface area contributed by atoms with Crippen LogP contribution in [0, 0.1) is 13.8 Å². The van der Waals surface area contributed by atoms with Gasteiger partial charge in [-0.2, -0.15) is 0 Å². The van der Waals surface area contributed by atoms with Crippen LogP contribution in [0.5, 0.6) is 0 Å². The fourth-order valence-corrected chi connectivity index (χ4v) is 4.79. The van der Waals surface area contributed by atoms with Crippen molar-refractivity contribution in [2.45, 2.75) is 26.7 Å². The summed E-state index contributed by atoms with van der Waals surface area (Å²) in [4.78, 5) is 4.60. The molecule has 0 atom stereocenters. The number of anilines is 3. The van der Waals surface area contributed by atoms with Gasteiger partial charge in [0.2, 0.25) is 0 Å². The molecule has 0 spiro atoms. The van der Waals surface area contributed by atoms with Crippen molar-refractivity contribution in [1.82, 2.24) is 4.57 Å². The van der Waals surface area contributed by atoms with Gasteiger partial charge in [0.1, 0.15) is 0 Å². The molecule has 3 nitrogen and oxygen atoms in total. The van der Waals surface area contributed by atoms with Gasteiger partial charge in [0.05, 0.1) is 0 Å². The van der Waals surface area contributed by atoms with Gasteiger partial charge in [-0.3, -0.25) is 0 Å². The zero-order valence-corrected chi connectivity index (χ0v) is 19.7. The standard InChI is InChI=1S/C29H31N3/c1-20-6-10-22(11-7-20)30(3)24-14-16-28-26(18-24)27-19-25(15-17-29(27)32(28)5)31(4)23-12-8-21(2)9-13-23/h6-14,16,18-19H,15,17H2,1-5H3. The topological polar surface area (TPSA) is 11.4 Å². The summed E-state index contributed by atoms with van der Waals surface area (Å²) in [5.74, 6) is 0. The van der Waals surface area contributed by atoms with E-state index in [2.05, 4.69) is 122 Å². The van der Waals surface area contributed by atoms with Crippen LogP contribution < -0.4 is 9.80 Å². The molecule has 0 bridgehead atoms. The lowest BCUT2D eigenvalue weighted by Crippen LogP contribution is -2.19. The van der Waals surface area contributed by atoms with Crippen LogP contribution in [0.3, 0.4) is 0 Å². The number of fused-ring (bicyclic) bond motifs is 3. The zero-order valence-electron chi connectivity index (χ0n) is 19.7. The molecule has 0 saturated carbocycles. The normalized spacial score (nSPS) is 13.1. The molecule has 3 heteroatoms. The van der Waals surface area contributed by atoms with Crippen molar-refractivity contribution in [2.24, 2.45) is 7.05 Å². The largest absolute Gasteiger partial charge is 0.348 e. The van der Waals surface area contributed by atoms with Crippen molar-refractivity contribution in [3.8, 4) is 0 Å². The lowest BCUT2D eigenvalue weighted by Gasteiger charge is -2.26. The summed E-state index contributed by atoms with van der Waals surface area (Å²) in [6, 6.07) is 24.4. The van der Waals surface area contributed by atoms with Crippen molar-refractivity contribution in [3.05, 3.63) is 94.8 Å². The second-order valence-corrected chi connectivity index (χ2v) is 9.05. The van der Waals surface area contributed by atoms with Gasteiger partial charge in [0.15, 0.2) is 0 Å². The summed E-state index contributed by atoms with van der Waals surface area (Å²) >= 11 is 0. The van der Waals surface area contributed by atoms with E-state index in [0.717, 1.165) is 12.8 Å². The molecule has 0 aliphatic heterocycles. The van der Waals surface area contributed by atoms with Crippen molar-refractivity contribution >= 4 is 34.0 Å². The van der Waals surface area contributed by atoms with E-state index in [1.165, 1.54) is 56.0 Å². The van der Waals surface area contributed by atoms with E-state index in [0.29, 0.717) is 0 Å². The maximum atomic E-state index is 2.40. The number of hydrogen-bond donors (Lipinski definition) is 0. The number of aromatic nitrogens is 1. The monoisotopic (exact) mass is 421 g/mol. The zero-order chi connectivity index (χ0) is 22.4. The number of aryl methyl sites for hydroxylation is 3. The molecule has 0 amide bonds. The Kier molecular flexibility index (Phi) is 5.05. The predicted octanol–water partition coefficient (Wildman–Crippen LogP) is 6.99. The van der Waals surface area contributed by atoms with Gasteiger partial charge in [-0.05, 0) is 75.2 Å². The van der Waals surface area contributed by atoms with Crippen molar-refractivity contribution in [1.29, 1.82) is 0 Å². The minimum absolute atomic E-state index is 1.05. The Labute approximate surface area is 191 Å².